The van der Waals surface area contributed by atoms with Gasteiger partial charge in [-0.05, 0) is 50.8 Å². The highest BCUT2D eigenvalue weighted by molar-refractivity contribution is 5.91. The Morgan fingerprint density at radius 1 is 1.43 bits per heavy atom. The van der Waals surface area contributed by atoms with Crippen molar-refractivity contribution in [2.24, 2.45) is 0 Å². The van der Waals surface area contributed by atoms with Crippen LogP contribution >= 0.6 is 0 Å². The Hall–Kier alpha value is -2.27. The fraction of sp³-hybridized carbons (Fsp3) is 0.316. The van der Waals surface area contributed by atoms with Crippen molar-refractivity contribution in [1.82, 2.24) is 0 Å². The summed E-state index contributed by atoms with van der Waals surface area (Å²) in [6.07, 6.45) is 4.82. The Balaban J connectivity index is 2.63. The summed E-state index contributed by atoms with van der Waals surface area (Å²) in [7, 11) is 0. The van der Waals surface area contributed by atoms with Crippen LogP contribution in [0, 0.1) is 11.8 Å². The van der Waals surface area contributed by atoms with E-state index >= 15 is 0 Å². The number of benzene rings is 1. The monoisotopic (exact) mass is 280 g/mol. The van der Waals surface area contributed by atoms with Crippen LogP contribution in [0.15, 0.2) is 42.0 Å². The lowest BCUT2D eigenvalue weighted by Crippen LogP contribution is -2.12. The van der Waals surface area contributed by atoms with Crippen molar-refractivity contribution in [2.75, 3.05) is 0 Å². The minimum atomic E-state index is -0.931. The van der Waals surface area contributed by atoms with Gasteiger partial charge >= 0.3 is 5.97 Å². The highest BCUT2D eigenvalue weighted by Crippen LogP contribution is 2.39. The fourth-order valence-electron chi connectivity index (χ4n) is 2.97. The van der Waals surface area contributed by atoms with Crippen LogP contribution < -0.4 is 0 Å². The third kappa shape index (κ3) is 3.08. The maximum absolute atomic E-state index is 11.5. The first kappa shape index (κ1) is 15.1. The maximum atomic E-state index is 11.5. The summed E-state index contributed by atoms with van der Waals surface area (Å²) in [6, 6.07) is 5.44. The number of carboxylic acids is 1. The standard InChI is InChI=1S/C19H20O2/c1-4-5-9-17-16(11-7-12-18(17)19(20)21)15-10-6-8-13(2)14(15)3/h4,7,11-12,15H,1,6,8,10H2,2-3H3,(H,20,21). The second kappa shape index (κ2) is 6.45. The van der Waals surface area contributed by atoms with Gasteiger partial charge < -0.3 is 5.11 Å². The number of allylic oxidation sites excluding steroid dienone is 3. The molecule has 0 amide bonds. The van der Waals surface area contributed by atoms with E-state index in [1.807, 2.05) is 12.1 Å². The quantitative estimate of drug-likeness (QED) is 0.638. The largest absolute Gasteiger partial charge is 0.478 e. The van der Waals surface area contributed by atoms with Gasteiger partial charge in [0.2, 0.25) is 0 Å². The van der Waals surface area contributed by atoms with Crippen molar-refractivity contribution < 1.29 is 9.90 Å². The van der Waals surface area contributed by atoms with E-state index in [4.69, 9.17) is 0 Å². The van der Waals surface area contributed by atoms with Crippen molar-refractivity contribution in [3.63, 3.8) is 0 Å². The molecular formula is C19H20O2. The van der Waals surface area contributed by atoms with Crippen LogP contribution in [0.2, 0.25) is 0 Å². The maximum Gasteiger partial charge on any atom is 0.336 e. The van der Waals surface area contributed by atoms with E-state index in [1.54, 1.807) is 6.07 Å². The second-order valence-electron chi connectivity index (χ2n) is 5.46. The molecule has 1 aliphatic rings. The molecule has 21 heavy (non-hydrogen) atoms. The third-order valence-corrected chi connectivity index (χ3v) is 4.24. The van der Waals surface area contributed by atoms with E-state index in [0.29, 0.717) is 5.56 Å². The van der Waals surface area contributed by atoms with E-state index < -0.39 is 5.97 Å². The molecule has 0 aromatic heterocycles. The van der Waals surface area contributed by atoms with Crippen molar-refractivity contribution in [3.05, 3.63) is 58.7 Å². The number of aromatic carboxylic acids is 1. The van der Waals surface area contributed by atoms with Crippen molar-refractivity contribution in [3.8, 4) is 11.8 Å². The lowest BCUT2D eigenvalue weighted by atomic mass is 9.78. The Morgan fingerprint density at radius 3 is 2.86 bits per heavy atom. The SMILES string of the molecule is C=CC#Cc1c(C(=O)O)cccc1C1CCCC(C)=C1C. The summed E-state index contributed by atoms with van der Waals surface area (Å²) in [6.45, 7) is 7.90. The second-order valence-corrected chi connectivity index (χ2v) is 5.46. The van der Waals surface area contributed by atoms with Crippen molar-refractivity contribution in [2.45, 2.75) is 39.0 Å². The van der Waals surface area contributed by atoms with Gasteiger partial charge in [0.25, 0.3) is 0 Å². The van der Waals surface area contributed by atoms with Gasteiger partial charge in [0.1, 0.15) is 0 Å². The zero-order valence-corrected chi connectivity index (χ0v) is 12.6. The first-order chi connectivity index (χ1) is 10.1. The Morgan fingerprint density at radius 2 is 2.19 bits per heavy atom. The van der Waals surface area contributed by atoms with Gasteiger partial charge in [-0.15, -0.1) is 0 Å². The molecule has 1 N–H and O–H groups in total. The summed E-state index contributed by atoms with van der Waals surface area (Å²) in [5.41, 5.74) is 4.70. The number of hydrogen-bond acceptors (Lipinski definition) is 1. The molecule has 0 bridgehead atoms. The predicted octanol–water partition coefficient (Wildman–Crippen LogP) is 4.53. The minimum absolute atomic E-state index is 0.271. The summed E-state index contributed by atoms with van der Waals surface area (Å²) < 4.78 is 0. The van der Waals surface area contributed by atoms with Crippen LogP contribution in [-0.4, -0.2) is 11.1 Å². The van der Waals surface area contributed by atoms with Gasteiger partial charge in [-0.2, -0.15) is 0 Å². The first-order valence-corrected chi connectivity index (χ1v) is 7.21. The molecule has 0 aliphatic heterocycles. The molecule has 1 aromatic rings. The third-order valence-electron chi connectivity index (χ3n) is 4.24. The van der Waals surface area contributed by atoms with Crippen molar-refractivity contribution >= 4 is 5.97 Å². The molecule has 2 heteroatoms. The molecular weight excluding hydrogens is 260 g/mol. The molecule has 2 nitrogen and oxygen atoms in total. The molecule has 108 valence electrons. The van der Waals surface area contributed by atoms with Crippen LogP contribution in [0.4, 0.5) is 0 Å². The molecule has 0 spiro atoms. The van der Waals surface area contributed by atoms with E-state index in [2.05, 4.69) is 32.3 Å². The van der Waals surface area contributed by atoms with Gasteiger partial charge in [0.05, 0.1) is 5.56 Å². The Bertz CT molecular complexity index is 669. The highest BCUT2D eigenvalue weighted by atomic mass is 16.4. The zero-order chi connectivity index (χ0) is 15.4. The molecule has 1 unspecified atom stereocenters. The highest BCUT2D eigenvalue weighted by Gasteiger charge is 2.24. The molecule has 0 radical (unpaired) electrons. The van der Waals surface area contributed by atoms with Gasteiger partial charge in [0, 0.05) is 11.5 Å². The summed E-state index contributed by atoms with van der Waals surface area (Å²) in [5.74, 6) is 5.11. The van der Waals surface area contributed by atoms with E-state index in [-0.39, 0.29) is 11.5 Å². The van der Waals surface area contributed by atoms with E-state index in [9.17, 15) is 9.90 Å². The smallest absolute Gasteiger partial charge is 0.336 e. The fourth-order valence-corrected chi connectivity index (χ4v) is 2.97. The Labute approximate surface area is 126 Å². The molecule has 0 saturated carbocycles. The van der Waals surface area contributed by atoms with E-state index in [1.165, 1.54) is 17.2 Å². The molecule has 0 heterocycles. The van der Waals surface area contributed by atoms with Crippen LogP contribution in [0.1, 0.15) is 60.5 Å². The molecule has 0 fully saturated rings. The predicted molar refractivity (Wildman–Crippen MR) is 85.4 cm³/mol. The summed E-state index contributed by atoms with van der Waals surface area (Å²) >= 11 is 0. The lowest BCUT2D eigenvalue weighted by molar-refractivity contribution is 0.0696. The molecule has 1 aliphatic carbocycles. The normalized spacial score (nSPS) is 17.9. The first-order valence-electron chi connectivity index (χ1n) is 7.21. The number of carbonyl (C=O) groups is 1. The van der Waals surface area contributed by atoms with Gasteiger partial charge in [-0.1, -0.05) is 41.7 Å². The molecule has 1 aromatic carbocycles. The number of rotatable bonds is 2. The summed E-state index contributed by atoms with van der Waals surface area (Å²) in [4.78, 5) is 11.5. The van der Waals surface area contributed by atoms with E-state index in [0.717, 1.165) is 24.8 Å². The molecule has 2 rings (SSSR count). The minimum Gasteiger partial charge on any atom is -0.478 e. The number of hydrogen-bond donors (Lipinski definition) is 1. The number of carboxylic acid groups (broad SMARTS) is 1. The van der Waals surface area contributed by atoms with Gasteiger partial charge in [0.15, 0.2) is 0 Å². The topological polar surface area (TPSA) is 37.3 Å². The summed E-state index contributed by atoms with van der Waals surface area (Å²) in [5, 5.41) is 9.40. The molecule has 0 saturated heterocycles. The average Bonchev–Trinajstić information content (AvgIpc) is 2.47. The van der Waals surface area contributed by atoms with Crippen LogP contribution in [0.25, 0.3) is 0 Å². The van der Waals surface area contributed by atoms with Gasteiger partial charge in [-0.25, -0.2) is 4.79 Å². The zero-order valence-electron chi connectivity index (χ0n) is 12.6. The van der Waals surface area contributed by atoms with Gasteiger partial charge in [-0.3, -0.25) is 0 Å². The molecule has 1 atom stereocenters. The van der Waals surface area contributed by atoms with Crippen LogP contribution in [0.3, 0.4) is 0 Å². The lowest BCUT2D eigenvalue weighted by Gasteiger charge is -2.27. The van der Waals surface area contributed by atoms with Crippen LogP contribution in [0.5, 0.6) is 0 Å². The average molecular weight is 280 g/mol. The Kier molecular flexibility index (Phi) is 4.65. The van der Waals surface area contributed by atoms with Crippen LogP contribution in [-0.2, 0) is 0 Å². The van der Waals surface area contributed by atoms with Crippen molar-refractivity contribution in [1.29, 1.82) is 0 Å².